The molecule has 0 saturated heterocycles. The fourth-order valence-corrected chi connectivity index (χ4v) is 1.42. The first kappa shape index (κ1) is 11.0. The fraction of sp³-hybridized carbons (Fsp3) is 0.667. The van der Waals surface area contributed by atoms with E-state index in [1.165, 1.54) is 0 Å². The molecule has 5 nitrogen and oxygen atoms in total. The highest BCUT2D eigenvalue weighted by Crippen LogP contribution is 2.23. The molecule has 0 amide bonds. The first-order valence-corrected chi connectivity index (χ1v) is 4.58. The van der Waals surface area contributed by atoms with Gasteiger partial charge in [0, 0.05) is 13.7 Å². The monoisotopic (exact) mass is 199 g/mol. The number of hydrogen-bond donors (Lipinski definition) is 1. The average Bonchev–Trinajstić information content (AvgIpc) is 2.60. The number of aryl methyl sites for hydroxylation is 1. The van der Waals surface area contributed by atoms with Crippen LogP contribution in [0.3, 0.4) is 0 Å². The largest absolute Gasteiger partial charge is 0.493 e. The lowest BCUT2D eigenvalue weighted by molar-refractivity contribution is 0.176. The summed E-state index contributed by atoms with van der Waals surface area (Å²) in [7, 11) is 3.24. The van der Waals surface area contributed by atoms with Crippen LogP contribution in [0, 0.1) is 0 Å². The normalized spacial score (nSPS) is 12.9. The van der Waals surface area contributed by atoms with Gasteiger partial charge in [0.05, 0.1) is 31.6 Å². The molecule has 1 atom stereocenters. The first-order chi connectivity index (χ1) is 6.74. The zero-order valence-corrected chi connectivity index (χ0v) is 8.86. The number of hydrogen-bond acceptors (Lipinski definition) is 4. The molecule has 0 fully saturated rings. The maximum atomic E-state index is 5.94. The highest BCUT2D eigenvalue weighted by atomic mass is 16.5. The van der Waals surface area contributed by atoms with Crippen LogP contribution in [-0.4, -0.2) is 30.6 Å². The molecular formula is C9H17N3O2. The lowest BCUT2D eigenvalue weighted by atomic mass is 10.2. The molecule has 5 heteroatoms. The van der Waals surface area contributed by atoms with Gasteiger partial charge >= 0.3 is 0 Å². The highest BCUT2D eigenvalue weighted by Gasteiger charge is 2.17. The van der Waals surface area contributed by atoms with E-state index >= 15 is 0 Å². The van der Waals surface area contributed by atoms with Crippen molar-refractivity contribution < 1.29 is 9.47 Å². The van der Waals surface area contributed by atoms with E-state index in [1.54, 1.807) is 20.4 Å². The minimum atomic E-state index is -0.197. The summed E-state index contributed by atoms with van der Waals surface area (Å²) in [5.41, 5.74) is 6.82. The molecule has 0 bridgehead atoms. The minimum Gasteiger partial charge on any atom is -0.493 e. The maximum Gasteiger partial charge on any atom is 0.161 e. The number of aromatic nitrogens is 2. The molecule has 0 aliphatic carbocycles. The van der Waals surface area contributed by atoms with E-state index in [1.807, 2.05) is 11.6 Å². The molecule has 1 rings (SSSR count). The van der Waals surface area contributed by atoms with E-state index in [9.17, 15) is 0 Å². The Morgan fingerprint density at radius 3 is 2.79 bits per heavy atom. The van der Waals surface area contributed by atoms with Crippen molar-refractivity contribution in [3.8, 4) is 5.75 Å². The third-order valence-electron chi connectivity index (χ3n) is 2.06. The molecule has 0 saturated carbocycles. The number of ether oxygens (including phenoxy) is 2. The quantitative estimate of drug-likeness (QED) is 0.752. The van der Waals surface area contributed by atoms with Crippen molar-refractivity contribution in [2.45, 2.75) is 19.5 Å². The Labute approximate surface area is 83.8 Å². The second kappa shape index (κ2) is 4.97. The Morgan fingerprint density at radius 1 is 1.57 bits per heavy atom. The molecule has 14 heavy (non-hydrogen) atoms. The summed E-state index contributed by atoms with van der Waals surface area (Å²) in [6.45, 7) is 3.24. The van der Waals surface area contributed by atoms with Gasteiger partial charge in [-0.2, -0.15) is 5.10 Å². The molecule has 2 N–H and O–H groups in total. The van der Waals surface area contributed by atoms with Gasteiger partial charge in [0.25, 0.3) is 0 Å². The Morgan fingerprint density at radius 2 is 2.29 bits per heavy atom. The Bertz CT molecular complexity index is 264. The van der Waals surface area contributed by atoms with Gasteiger partial charge in [-0.1, -0.05) is 0 Å². The first-order valence-electron chi connectivity index (χ1n) is 4.58. The van der Waals surface area contributed by atoms with Gasteiger partial charge in [-0.15, -0.1) is 0 Å². The van der Waals surface area contributed by atoms with Crippen LogP contribution in [0.4, 0.5) is 0 Å². The van der Waals surface area contributed by atoms with Crippen LogP contribution in [-0.2, 0) is 11.3 Å². The summed E-state index contributed by atoms with van der Waals surface area (Å²) < 4.78 is 12.0. The highest BCUT2D eigenvalue weighted by molar-refractivity contribution is 5.28. The molecule has 0 aliphatic rings. The third kappa shape index (κ3) is 2.05. The molecule has 0 aromatic carbocycles. The molecule has 0 aliphatic heterocycles. The third-order valence-corrected chi connectivity index (χ3v) is 2.06. The van der Waals surface area contributed by atoms with Crippen molar-refractivity contribution in [3.63, 3.8) is 0 Å². The molecule has 1 aromatic heterocycles. The summed E-state index contributed by atoms with van der Waals surface area (Å²) in [5.74, 6) is 0.719. The van der Waals surface area contributed by atoms with Gasteiger partial charge in [-0.25, -0.2) is 0 Å². The van der Waals surface area contributed by atoms with E-state index < -0.39 is 0 Å². The van der Waals surface area contributed by atoms with Gasteiger partial charge in [0.2, 0.25) is 0 Å². The predicted molar refractivity (Wildman–Crippen MR) is 53.3 cm³/mol. The molecule has 1 heterocycles. The van der Waals surface area contributed by atoms with E-state index in [0.717, 1.165) is 18.0 Å². The molecular weight excluding hydrogens is 182 g/mol. The van der Waals surface area contributed by atoms with Crippen LogP contribution in [0.1, 0.15) is 18.7 Å². The SMILES string of the molecule is CCn1ncc(OC)c1C(N)COC. The molecule has 0 radical (unpaired) electrons. The van der Waals surface area contributed by atoms with Crippen LogP contribution in [0.2, 0.25) is 0 Å². The van der Waals surface area contributed by atoms with Crippen LogP contribution in [0.25, 0.3) is 0 Å². The summed E-state index contributed by atoms with van der Waals surface area (Å²) in [6.07, 6.45) is 1.67. The van der Waals surface area contributed by atoms with Crippen molar-refractivity contribution >= 4 is 0 Å². The van der Waals surface area contributed by atoms with Gasteiger partial charge < -0.3 is 15.2 Å². The smallest absolute Gasteiger partial charge is 0.161 e. The van der Waals surface area contributed by atoms with Crippen LogP contribution < -0.4 is 10.5 Å². The average molecular weight is 199 g/mol. The van der Waals surface area contributed by atoms with Gasteiger partial charge in [-0.3, -0.25) is 4.68 Å². The van der Waals surface area contributed by atoms with Crippen LogP contribution in [0.5, 0.6) is 5.75 Å². The van der Waals surface area contributed by atoms with Crippen LogP contribution >= 0.6 is 0 Å². The van der Waals surface area contributed by atoms with E-state index in [2.05, 4.69) is 5.10 Å². The number of nitrogens with two attached hydrogens (primary N) is 1. The van der Waals surface area contributed by atoms with Crippen molar-refractivity contribution in [3.05, 3.63) is 11.9 Å². The molecule has 1 aromatic rings. The van der Waals surface area contributed by atoms with Gasteiger partial charge in [0.15, 0.2) is 5.75 Å². The lowest BCUT2D eigenvalue weighted by Crippen LogP contribution is -2.21. The zero-order valence-electron chi connectivity index (χ0n) is 8.86. The molecule has 0 spiro atoms. The Kier molecular flexibility index (Phi) is 3.91. The summed E-state index contributed by atoms with van der Waals surface area (Å²) in [5, 5.41) is 4.16. The Hall–Kier alpha value is -1.07. The van der Waals surface area contributed by atoms with E-state index in [4.69, 9.17) is 15.2 Å². The van der Waals surface area contributed by atoms with Crippen molar-refractivity contribution in [2.75, 3.05) is 20.8 Å². The number of methoxy groups -OCH3 is 2. The molecule has 80 valence electrons. The predicted octanol–water partition coefficient (Wildman–Crippen LogP) is 0.558. The maximum absolute atomic E-state index is 5.94. The van der Waals surface area contributed by atoms with Crippen molar-refractivity contribution in [1.29, 1.82) is 0 Å². The van der Waals surface area contributed by atoms with E-state index in [-0.39, 0.29) is 6.04 Å². The second-order valence-electron chi connectivity index (χ2n) is 2.98. The topological polar surface area (TPSA) is 62.3 Å². The standard InChI is InChI=1S/C9H17N3O2/c1-4-12-9(7(10)6-13-2)8(14-3)5-11-12/h5,7H,4,6,10H2,1-3H3. The van der Waals surface area contributed by atoms with E-state index in [0.29, 0.717) is 6.61 Å². The number of nitrogens with zero attached hydrogens (tertiary/aromatic N) is 2. The summed E-state index contributed by atoms with van der Waals surface area (Å²) in [6, 6.07) is -0.197. The summed E-state index contributed by atoms with van der Waals surface area (Å²) in [4.78, 5) is 0. The Balaban J connectivity index is 2.95. The fourth-order valence-electron chi connectivity index (χ4n) is 1.42. The minimum absolute atomic E-state index is 0.197. The zero-order chi connectivity index (χ0) is 10.6. The van der Waals surface area contributed by atoms with Gasteiger partial charge in [-0.05, 0) is 6.92 Å². The second-order valence-corrected chi connectivity index (χ2v) is 2.98. The van der Waals surface area contributed by atoms with Gasteiger partial charge in [0.1, 0.15) is 0 Å². The number of rotatable bonds is 5. The van der Waals surface area contributed by atoms with Crippen LogP contribution in [0.15, 0.2) is 6.20 Å². The summed E-state index contributed by atoms with van der Waals surface area (Å²) >= 11 is 0. The van der Waals surface area contributed by atoms with Crippen molar-refractivity contribution in [2.24, 2.45) is 5.73 Å². The molecule has 1 unspecified atom stereocenters. The van der Waals surface area contributed by atoms with Crippen molar-refractivity contribution in [1.82, 2.24) is 9.78 Å². The lowest BCUT2D eigenvalue weighted by Gasteiger charge is -2.13.